The van der Waals surface area contributed by atoms with Gasteiger partial charge in [-0.25, -0.2) is 0 Å². The lowest BCUT2D eigenvalue weighted by Gasteiger charge is -2.27. The fourth-order valence-electron chi connectivity index (χ4n) is 2.19. The Balaban J connectivity index is 2.88. The summed E-state index contributed by atoms with van der Waals surface area (Å²) >= 11 is 0. The molecule has 3 nitrogen and oxygen atoms in total. The number of rotatable bonds is 7. The van der Waals surface area contributed by atoms with Crippen molar-refractivity contribution in [3.8, 4) is 6.07 Å². The number of hydrogen-bond acceptors (Lipinski definition) is 3. The second-order valence-corrected chi connectivity index (χ2v) is 4.75. The molecule has 1 aromatic carbocycles. The fraction of sp³-hybridized carbons (Fsp3) is 0.500. The predicted octanol–water partition coefficient (Wildman–Crippen LogP) is 3.59. The van der Waals surface area contributed by atoms with Crippen LogP contribution in [0, 0.1) is 11.3 Å². The number of nitriles is 1. The maximum atomic E-state index is 10.9. The molecule has 0 aliphatic carbocycles. The van der Waals surface area contributed by atoms with Gasteiger partial charge in [-0.3, -0.25) is 4.79 Å². The van der Waals surface area contributed by atoms with Gasteiger partial charge >= 0.3 is 5.97 Å². The third-order valence-electron chi connectivity index (χ3n) is 3.33. The van der Waals surface area contributed by atoms with E-state index in [1.165, 1.54) is 6.92 Å². The number of unbranched alkanes of at least 4 members (excludes halogenated alkanes) is 1. The zero-order valence-corrected chi connectivity index (χ0v) is 11.7. The van der Waals surface area contributed by atoms with Crippen molar-refractivity contribution in [3.05, 3.63) is 35.9 Å². The van der Waals surface area contributed by atoms with Crippen molar-refractivity contribution in [2.75, 3.05) is 6.61 Å². The highest BCUT2D eigenvalue weighted by atomic mass is 16.5. The SMILES string of the molecule is CCCCC(C#N)(CCOC(C)=O)c1ccccc1. The second kappa shape index (κ2) is 7.58. The van der Waals surface area contributed by atoms with Gasteiger partial charge in [0.25, 0.3) is 0 Å². The van der Waals surface area contributed by atoms with E-state index in [4.69, 9.17) is 4.74 Å². The minimum atomic E-state index is -0.549. The number of nitrogens with zero attached hydrogens (tertiary/aromatic N) is 1. The Morgan fingerprint density at radius 1 is 1.32 bits per heavy atom. The van der Waals surface area contributed by atoms with Gasteiger partial charge in [0, 0.05) is 13.3 Å². The molecule has 1 aromatic rings. The first-order valence-corrected chi connectivity index (χ1v) is 6.75. The summed E-state index contributed by atoms with van der Waals surface area (Å²) in [6, 6.07) is 12.2. The normalized spacial score (nSPS) is 13.3. The van der Waals surface area contributed by atoms with Gasteiger partial charge in [0.15, 0.2) is 0 Å². The molecular formula is C16H21NO2. The quantitative estimate of drug-likeness (QED) is 0.703. The van der Waals surface area contributed by atoms with Crippen LogP contribution in [0.25, 0.3) is 0 Å². The first-order chi connectivity index (χ1) is 9.14. The van der Waals surface area contributed by atoms with Crippen LogP contribution < -0.4 is 0 Å². The van der Waals surface area contributed by atoms with Crippen LogP contribution in [0.1, 0.15) is 45.1 Å². The van der Waals surface area contributed by atoms with E-state index in [9.17, 15) is 10.1 Å². The minimum Gasteiger partial charge on any atom is -0.466 e. The molecule has 0 aliphatic rings. The van der Waals surface area contributed by atoms with Crippen molar-refractivity contribution in [2.45, 2.75) is 44.9 Å². The molecule has 1 unspecified atom stereocenters. The highest BCUT2D eigenvalue weighted by Gasteiger charge is 2.31. The molecule has 19 heavy (non-hydrogen) atoms. The molecule has 0 N–H and O–H groups in total. The molecule has 0 aliphatic heterocycles. The van der Waals surface area contributed by atoms with E-state index < -0.39 is 5.41 Å². The Morgan fingerprint density at radius 3 is 2.53 bits per heavy atom. The van der Waals surface area contributed by atoms with Crippen LogP contribution in [0.2, 0.25) is 0 Å². The van der Waals surface area contributed by atoms with Crippen LogP contribution >= 0.6 is 0 Å². The number of hydrogen-bond donors (Lipinski definition) is 0. The lowest BCUT2D eigenvalue weighted by atomic mass is 9.75. The Labute approximate surface area is 115 Å². The van der Waals surface area contributed by atoms with E-state index in [-0.39, 0.29) is 5.97 Å². The molecule has 1 atom stereocenters. The Kier molecular flexibility index (Phi) is 6.08. The van der Waals surface area contributed by atoms with E-state index in [0.717, 1.165) is 24.8 Å². The molecule has 0 saturated carbocycles. The monoisotopic (exact) mass is 259 g/mol. The zero-order valence-electron chi connectivity index (χ0n) is 11.7. The summed E-state index contributed by atoms with van der Waals surface area (Å²) in [5, 5.41) is 9.63. The van der Waals surface area contributed by atoms with Crippen LogP contribution in [-0.4, -0.2) is 12.6 Å². The van der Waals surface area contributed by atoms with E-state index in [1.807, 2.05) is 30.3 Å². The van der Waals surface area contributed by atoms with E-state index in [1.54, 1.807) is 0 Å². The summed E-state index contributed by atoms with van der Waals surface area (Å²) in [6.07, 6.45) is 3.38. The van der Waals surface area contributed by atoms with E-state index in [0.29, 0.717) is 13.0 Å². The summed E-state index contributed by atoms with van der Waals surface area (Å²) in [5.74, 6) is -0.296. The zero-order chi connectivity index (χ0) is 14.1. The maximum absolute atomic E-state index is 10.9. The first kappa shape index (κ1) is 15.2. The highest BCUT2D eigenvalue weighted by Crippen LogP contribution is 2.33. The van der Waals surface area contributed by atoms with Crippen molar-refractivity contribution >= 4 is 5.97 Å². The van der Waals surface area contributed by atoms with Crippen molar-refractivity contribution < 1.29 is 9.53 Å². The highest BCUT2D eigenvalue weighted by molar-refractivity contribution is 5.65. The minimum absolute atomic E-state index is 0.293. The largest absolute Gasteiger partial charge is 0.466 e. The average molecular weight is 259 g/mol. The molecule has 102 valence electrons. The van der Waals surface area contributed by atoms with Crippen LogP contribution in [0.5, 0.6) is 0 Å². The molecule has 0 aromatic heterocycles. The number of ether oxygens (including phenoxy) is 1. The van der Waals surface area contributed by atoms with Gasteiger partial charge in [-0.2, -0.15) is 5.26 Å². The summed E-state index contributed by atoms with van der Waals surface area (Å²) in [4.78, 5) is 10.9. The topological polar surface area (TPSA) is 50.1 Å². The van der Waals surface area contributed by atoms with Crippen LogP contribution in [0.3, 0.4) is 0 Å². The van der Waals surface area contributed by atoms with Crippen molar-refractivity contribution in [3.63, 3.8) is 0 Å². The smallest absolute Gasteiger partial charge is 0.302 e. The first-order valence-electron chi connectivity index (χ1n) is 6.75. The molecular weight excluding hydrogens is 238 g/mol. The summed E-state index contributed by atoms with van der Waals surface area (Å²) < 4.78 is 5.01. The molecule has 0 heterocycles. The molecule has 1 rings (SSSR count). The number of esters is 1. The van der Waals surface area contributed by atoms with Crippen molar-refractivity contribution in [2.24, 2.45) is 0 Å². The molecule has 3 heteroatoms. The average Bonchev–Trinajstić information content (AvgIpc) is 2.43. The second-order valence-electron chi connectivity index (χ2n) is 4.75. The molecule has 0 amide bonds. The van der Waals surface area contributed by atoms with Gasteiger partial charge in [-0.05, 0) is 12.0 Å². The Hall–Kier alpha value is -1.82. The maximum Gasteiger partial charge on any atom is 0.302 e. The van der Waals surface area contributed by atoms with Crippen LogP contribution in [0.15, 0.2) is 30.3 Å². The van der Waals surface area contributed by atoms with Crippen LogP contribution in [-0.2, 0) is 14.9 Å². The fourth-order valence-corrected chi connectivity index (χ4v) is 2.19. The van der Waals surface area contributed by atoms with Gasteiger partial charge in [-0.1, -0.05) is 50.1 Å². The standard InChI is InChI=1S/C16H21NO2/c1-3-4-10-16(13-17,11-12-19-14(2)18)15-8-6-5-7-9-15/h5-9H,3-4,10-12H2,1-2H3. The third kappa shape index (κ3) is 4.40. The van der Waals surface area contributed by atoms with E-state index >= 15 is 0 Å². The van der Waals surface area contributed by atoms with Gasteiger partial charge < -0.3 is 4.74 Å². The van der Waals surface area contributed by atoms with Crippen molar-refractivity contribution in [1.29, 1.82) is 5.26 Å². The summed E-state index contributed by atoms with van der Waals surface area (Å²) in [7, 11) is 0. The van der Waals surface area contributed by atoms with E-state index in [2.05, 4.69) is 13.0 Å². The number of carbonyl (C=O) groups excluding carboxylic acids is 1. The Bertz CT molecular complexity index is 436. The van der Waals surface area contributed by atoms with Gasteiger partial charge in [0.2, 0.25) is 0 Å². The summed E-state index contributed by atoms with van der Waals surface area (Å²) in [5.41, 5.74) is 0.463. The van der Waals surface area contributed by atoms with Gasteiger partial charge in [-0.15, -0.1) is 0 Å². The molecule has 0 saturated heterocycles. The molecule has 0 spiro atoms. The molecule has 0 fully saturated rings. The molecule has 0 bridgehead atoms. The van der Waals surface area contributed by atoms with Crippen LogP contribution in [0.4, 0.5) is 0 Å². The Morgan fingerprint density at radius 2 is 2.00 bits per heavy atom. The molecule has 0 radical (unpaired) electrons. The lowest BCUT2D eigenvalue weighted by Crippen LogP contribution is -2.26. The van der Waals surface area contributed by atoms with Gasteiger partial charge in [0.05, 0.1) is 18.1 Å². The summed E-state index contributed by atoms with van der Waals surface area (Å²) in [6.45, 7) is 3.79. The predicted molar refractivity (Wildman–Crippen MR) is 74.5 cm³/mol. The van der Waals surface area contributed by atoms with Gasteiger partial charge in [0.1, 0.15) is 0 Å². The third-order valence-corrected chi connectivity index (χ3v) is 3.33. The number of benzene rings is 1. The lowest BCUT2D eigenvalue weighted by molar-refractivity contribution is -0.141. The van der Waals surface area contributed by atoms with Crippen molar-refractivity contribution in [1.82, 2.24) is 0 Å². The number of carbonyl (C=O) groups is 1.